The molecular weight excluding hydrogens is 360 g/mol. The first-order valence-corrected chi connectivity index (χ1v) is 9.11. The van der Waals surface area contributed by atoms with Crippen LogP contribution in [-0.2, 0) is 7.05 Å². The van der Waals surface area contributed by atoms with Crippen LogP contribution in [-0.4, -0.2) is 30.4 Å². The molecule has 0 spiro atoms. The maximum absolute atomic E-state index is 12.6. The van der Waals surface area contributed by atoms with Gasteiger partial charge in [-0.1, -0.05) is 25.0 Å². The second-order valence-corrected chi connectivity index (χ2v) is 6.85. The van der Waals surface area contributed by atoms with Crippen molar-refractivity contribution in [2.45, 2.75) is 31.7 Å². The molecule has 0 bridgehead atoms. The normalized spacial score (nSPS) is 14.9. The van der Waals surface area contributed by atoms with Crippen LogP contribution in [0.1, 0.15) is 37.3 Å². The lowest BCUT2D eigenvalue weighted by atomic mass is 10.2. The molecule has 28 heavy (non-hydrogen) atoms. The number of hydrazone groups is 1. The van der Waals surface area contributed by atoms with Crippen LogP contribution in [0, 0.1) is 0 Å². The van der Waals surface area contributed by atoms with E-state index in [1.54, 1.807) is 31.3 Å². The van der Waals surface area contributed by atoms with Crippen LogP contribution in [0.5, 0.6) is 5.75 Å². The SMILES string of the molecule is Cn1c(=O)c(=O)n(C2CCCC2)c2nc(N/N=C/c3cccc(O)c3)ncc21. The van der Waals surface area contributed by atoms with Gasteiger partial charge in [-0.2, -0.15) is 10.1 Å². The van der Waals surface area contributed by atoms with Gasteiger partial charge in [-0.3, -0.25) is 14.2 Å². The third-order valence-corrected chi connectivity index (χ3v) is 4.98. The molecule has 0 radical (unpaired) electrons. The predicted molar refractivity (Wildman–Crippen MR) is 106 cm³/mol. The molecule has 1 fully saturated rings. The van der Waals surface area contributed by atoms with Gasteiger partial charge in [0.25, 0.3) is 0 Å². The summed E-state index contributed by atoms with van der Waals surface area (Å²) in [4.78, 5) is 33.6. The molecule has 9 heteroatoms. The number of rotatable bonds is 4. The maximum atomic E-state index is 12.6. The molecule has 2 heterocycles. The zero-order valence-electron chi connectivity index (χ0n) is 15.4. The van der Waals surface area contributed by atoms with Gasteiger partial charge < -0.3 is 9.67 Å². The molecule has 1 aliphatic rings. The molecule has 2 aromatic heterocycles. The van der Waals surface area contributed by atoms with E-state index >= 15 is 0 Å². The third kappa shape index (κ3) is 3.26. The highest BCUT2D eigenvalue weighted by Gasteiger charge is 2.23. The Balaban J connectivity index is 1.73. The monoisotopic (exact) mass is 380 g/mol. The van der Waals surface area contributed by atoms with Gasteiger partial charge in [-0.05, 0) is 30.5 Å². The first-order valence-electron chi connectivity index (χ1n) is 9.11. The van der Waals surface area contributed by atoms with Crippen molar-refractivity contribution in [1.82, 2.24) is 19.1 Å². The van der Waals surface area contributed by atoms with Crippen molar-refractivity contribution in [3.05, 3.63) is 56.7 Å². The molecule has 3 aromatic rings. The molecule has 0 saturated heterocycles. The molecule has 1 aliphatic carbocycles. The summed E-state index contributed by atoms with van der Waals surface area (Å²) >= 11 is 0. The van der Waals surface area contributed by atoms with E-state index in [1.165, 1.54) is 21.5 Å². The van der Waals surface area contributed by atoms with Crippen molar-refractivity contribution in [3.8, 4) is 5.75 Å². The molecular formula is C19H20N6O3. The summed E-state index contributed by atoms with van der Waals surface area (Å²) in [6.45, 7) is 0. The smallest absolute Gasteiger partial charge is 0.318 e. The summed E-state index contributed by atoms with van der Waals surface area (Å²) in [5.41, 5.74) is 3.23. The Hall–Kier alpha value is -3.49. The number of fused-ring (bicyclic) bond motifs is 1. The number of aryl methyl sites for hydroxylation is 1. The Labute approximate surface area is 160 Å². The lowest BCUT2D eigenvalue weighted by molar-refractivity contribution is 0.475. The molecule has 0 amide bonds. The topological polar surface area (TPSA) is 114 Å². The number of aromatic nitrogens is 4. The van der Waals surface area contributed by atoms with Crippen LogP contribution in [0.4, 0.5) is 5.95 Å². The highest BCUT2D eigenvalue weighted by atomic mass is 16.3. The minimum atomic E-state index is -0.578. The highest BCUT2D eigenvalue weighted by molar-refractivity contribution is 5.80. The van der Waals surface area contributed by atoms with Crippen LogP contribution in [0.15, 0.2) is 45.2 Å². The van der Waals surface area contributed by atoms with E-state index in [0.29, 0.717) is 16.7 Å². The minimum absolute atomic E-state index is 0.0255. The van der Waals surface area contributed by atoms with E-state index in [-0.39, 0.29) is 17.7 Å². The minimum Gasteiger partial charge on any atom is -0.508 e. The number of hydrogen-bond donors (Lipinski definition) is 2. The molecule has 9 nitrogen and oxygen atoms in total. The number of nitrogens with one attached hydrogen (secondary N) is 1. The zero-order valence-corrected chi connectivity index (χ0v) is 15.4. The second kappa shape index (κ2) is 7.26. The summed E-state index contributed by atoms with van der Waals surface area (Å²) in [7, 11) is 1.54. The number of phenols is 1. The fourth-order valence-electron chi connectivity index (χ4n) is 3.56. The van der Waals surface area contributed by atoms with E-state index in [9.17, 15) is 14.7 Å². The standard InChI is InChI=1S/C19H20N6O3/c1-24-15-11-20-19(23-21-10-12-5-4-8-14(26)9-12)22-16(15)25(18(28)17(24)27)13-6-2-3-7-13/h4-5,8-11,13,26H,2-3,6-7H2,1H3,(H,20,22,23)/b21-10+. The van der Waals surface area contributed by atoms with Gasteiger partial charge in [-0.25, -0.2) is 10.4 Å². The fourth-order valence-corrected chi connectivity index (χ4v) is 3.56. The van der Waals surface area contributed by atoms with E-state index in [4.69, 9.17) is 0 Å². The molecule has 4 rings (SSSR count). The van der Waals surface area contributed by atoms with E-state index in [2.05, 4.69) is 20.5 Å². The van der Waals surface area contributed by atoms with Crippen molar-refractivity contribution >= 4 is 23.3 Å². The maximum Gasteiger partial charge on any atom is 0.318 e. The third-order valence-electron chi connectivity index (χ3n) is 4.98. The summed E-state index contributed by atoms with van der Waals surface area (Å²) in [6.07, 6.45) is 6.80. The second-order valence-electron chi connectivity index (χ2n) is 6.85. The van der Waals surface area contributed by atoms with Crippen LogP contribution < -0.4 is 16.5 Å². The van der Waals surface area contributed by atoms with E-state index < -0.39 is 11.1 Å². The number of aromatic hydroxyl groups is 1. The van der Waals surface area contributed by atoms with Gasteiger partial charge in [0.05, 0.1) is 12.4 Å². The van der Waals surface area contributed by atoms with E-state index in [0.717, 1.165) is 25.7 Å². The molecule has 0 atom stereocenters. The van der Waals surface area contributed by atoms with Gasteiger partial charge in [0, 0.05) is 13.1 Å². The van der Waals surface area contributed by atoms with Crippen molar-refractivity contribution in [3.63, 3.8) is 0 Å². The number of nitrogens with zero attached hydrogens (tertiary/aromatic N) is 5. The van der Waals surface area contributed by atoms with Gasteiger partial charge >= 0.3 is 11.1 Å². The van der Waals surface area contributed by atoms with Crippen LogP contribution in [0.3, 0.4) is 0 Å². The average molecular weight is 380 g/mol. The Morgan fingerprint density at radius 1 is 1.25 bits per heavy atom. The lowest BCUT2D eigenvalue weighted by Gasteiger charge is -2.17. The number of hydrogen-bond acceptors (Lipinski definition) is 7. The van der Waals surface area contributed by atoms with Crippen molar-refractivity contribution in [2.75, 3.05) is 5.43 Å². The Kier molecular flexibility index (Phi) is 4.64. The van der Waals surface area contributed by atoms with Gasteiger partial charge in [0.15, 0.2) is 5.65 Å². The quantitative estimate of drug-likeness (QED) is 0.405. The summed E-state index contributed by atoms with van der Waals surface area (Å²) in [5, 5.41) is 13.6. The molecule has 2 N–H and O–H groups in total. The van der Waals surface area contributed by atoms with Crippen LogP contribution in [0.2, 0.25) is 0 Å². The first-order chi connectivity index (χ1) is 13.5. The predicted octanol–water partition coefficient (Wildman–Crippen LogP) is 1.76. The zero-order chi connectivity index (χ0) is 19.7. The Bertz CT molecular complexity index is 1170. The molecule has 0 aliphatic heterocycles. The summed E-state index contributed by atoms with van der Waals surface area (Å²) < 4.78 is 2.79. The molecule has 1 saturated carbocycles. The van der Waals surface area contributed by atoms with Gasteiger partial charge in [-0.15, -0.1) is 0 Å². The largest absolute Gasteiger partial charge is 0.508 e. The van der Waals surface area contributed by atoms with Crippen molar-refractivity contribution < 1.29 is 5.11 Å². The fraction of sp³-hybridized carbons (Fsp3) is 0.316. The highest BCUT2D eigenvalue weighted by Crippen LogP contribution is 2.29. The number of anilines is 1. The van der Waals surface area contributed by atoms with Crippen LogP contribution >= 0.6 is 0 Å². The molecule has 144 valence electrons. The van der Waals surface area contributed by atoms with Crippen molar-refractivity contribution in [1.29, 1.82) is 0 Å². The Morgan fingerprint density at radius 2 is 2.04 bits per heavy atom. The van der Waals surface area contributed by atoms with E-state index in [1.807, 2.05) is 0 Å². The van der Waals surface area contributed by atoms with Crippen LogP contribution in [0.25, 0.3) is 11.2 Å². The average Bonchev–Trinajstić information content (AvgIpc) is 3.21. The summed E-state index contributed by atoms with van der Waals surface area (Å²) in [6, 6.07) is 6.62. The summed E-state index contributed by atoms with van der Waals surface area (Å²) in [5.74, 6) is 0.362. The first kappa shape index (κ1) is 17.9. The molecule has 1 aromatic carbocycles. The number of phenolic OH excluding ortho intramolecular Hbond substituents is 1. The lowest BCUT2D eigenvalue weighted by Crippen LogP contribution is -2.42. The Morgan fingerprint density at radius 3 is 2.79 bits per heavy atom. The number of benzene rings is 1. The van der Waals surface area contributed by atoms with Crippen molar-refractivity contribution in [2.24, 2.45) is 12.1 Å². The van der Waals surface area contributed by atoms with Gasteiger partial charge in [0.1, 0.15) is 11.3 Å². The van der Waals surface area contributed by atoms with Gasteiger partial charge in [0.2, 0.25) is 5.95 Å². The molecule has 0 unspecified atom stereocenters.